The van der Waals surface area contributed by atoms with Crippen LogP contribution in [-0.4, -0.2) is 0 Å². The van der Waals surface area contributed by atoms with Crippen LogP contribution in [0.3, 0.4) is 0 Å². The van der Waals surface area contributed by atoms with Crippen LogP contribution in [0.15, 0.2) is 130 Å². The summed E-state index contributed by atoms with van der Waals surface area (Å²) in [5, 5.41) is 8.22. The minimum atomic E-state index is 0.843. The van der Waals surface area contributed by atoms with E-state index in [1.54, 1.807) is 6.26 Å². The highest BCUT2D eigenvalue weighted by molar-refractivity contribution is 6.22. The topological polar surface area (TPSA) is 26.3 Å². The standard InChI is InChI=1S/C34H20O2/c1-2-8-21(9-3-1)32-24-10-4-6-12-26(24)33(27-13-7-5-11-25(27)32)22-14-15-23-28-16-17-30-29(18-19-35-30)34(28)36-31(23)20-22/h1-20H. The van der Waals surface area contributed by atoms with E-state index < -0.39 is 0 Å². The molecule has 0 saturated carbocycles. The van der Waals surface area contributed by atoms with Crippen LogP contribution in [0.2, 0.25) is 0 Å². The van der Waals surface area contributed by atoms with E-state index in [0.717, 1.165) is 38.5 Å². The highest BCUT2D eigenvalue weighted by Crippen LogP contribution is 2.44. The quantitative estimate of drug-likeness (QED) is 0.240. The van der Waals surface area contributed by atoms with Crippen LogP contribution in [0.4, 0.5) is 0 Å². The van der Waals surface area contributed by atoms with Gasteiger partial charge in [0.1, 0.15) is 16.7 Å². The summed E-state index contributed by atoms with van der Waals surface area (Å²) >= 11 is 0. The summed E-state index contributed by atoms with van der Waals surface area (Å²) in [5.41, 5.74) is 7.49. The normalized spacial score (nSPS) is 11.9. The average Bonchev–Trinajstić information content (AvgIpc) is 3.56. The largest absolute Gasteiger partial charge is 0.464 e. The molecule has 2 heterocycles. The van der Waals surface area contributed by atoms with Gasteiger partial charge in [-0.1, -0.05) is 84.9 Å². The molecule has 0 aliphatic heterocycles. The molecule has 2 nitrogen and oxygen atoms in total. The fourth-order valence-electron chi connectivity index (χ4n) is 5.79. The summed E-state index contributed by atoms with van der Waals surface area (Å²) < 4.78 is 12.0. The van der Waals surface area contributed by atoms with Crippen LogP contribution in [0.1, 0.15) is 0 Å². The van der Waals surface area contributed by atoms with Gasteiger partial charge in [-0.3, -0.25) is 0 Å². The van der Waals surface area contributed by atoms with Crippen molar-refractivity contribution in [1.29, 1.82) is 0 Å². The number of fused-ring (bicyclic) bond motifs is 7. The molecule has 2 aromatic heterocycles. The fourth-order valence-corrected chi connectivity index (χ4v) is 5.79. The van der Waals surface area contributed by atoms with E-state index in [2.05, 4.69) is 103 Å². The SMILES string of the molecule is c1ccc(-c2c3ccccc3c(-c3ccc4c(c3)oc3c5ccoc5ccc43)c3ccccc23)cc1. The molecule has 0 amide bonds. The molecule has 36 heavy (non-hydrogen) atoms. The molecule has 8 aromatic rings. The third kappa shape index (κ3) is 2.67. The van der Waals surface area contributed by atoms with Crippen LogP contribution in [-0.2, 0) is 0 Å². The third-order valence-electron chi connectivity index (χ3n) is 7.35. The van der Waals surface area contributed by atoms with Crippen molar-refractivity contribution in [3.63, 3.8) is 0 Å². The molecule has 0 N–H and O–H groups in total. The van der Waals surface area contributed by atoms with Crippen LogP contribution >= 0.6 is 0 Å². The molecule has 0 aliphatic carbocycles. The minimum Gasteiger partial charge on any atom is -0.464 e. The van der Waals surface area contributed by atoms with E-state index in [0.29, 0.717) is 0 Å². The van der Waals surface area contributed by atoms with Gasteiger partial charge in [0.05, 0.1) is 11.6 Å². The van der Waals surface area contributed by atoms with Crippen molar-refractivity contribution in [2.45, 2.75) is 0 Å². The number of hydrogen-bond acceptors (Lipinski definition) is 2. The number of furan rings is 2. The second-order valence-corrected chi connectivity index (χ2v) is 9.29. The molecule has 0 spiro atoms. The molecule has 0 atom stereocenters. The Kier molecular flexibility index (Phi) is 3.97. The van der Waals surface area contributed by atoms with Crippen LogP contribution < -0.4 is 0 Å². The smallest absolute Gasteiger partial charge is 0.146 e. The summed E-state index contributed by atoms with van der Waals surface area (Å²) in [4.78, 5) is 0. The van der Waals surface area contributed by atoms with E-state index >= 15 is 0 Å². The van der Waals surface area contributed by atoms with E-state index in [-0.39, 0.29) is 0 Å². The molecule has 2 heteroatoms. The first-order valence-corrected chi connectivity index (χ1v) is 12.2. The third-order valence-corrected chi connectivity index (χ3v) is 7.35. The Morgan fingerprint density at radius 2 is 1.00 bits per heavy atom. The molecule has 0 aliphatic rings. The summed E-state index contributed by atoms with van der Waals surface area (Å²) in [6.07, 6.45) is 1.72. The van der Waals surface area contributed by atoms with E-state index in [9.17, 15) is 0 Å². The zero-order chi connectivity index (χ0) is 23.6. The Balaban J connectivity index is 1.48. The Labute approximate surface area is 207 Å². The van der Waals surface area contributed by atoms with Crippen LogP contribution in [0, 0.1) is 0 Å². The second-order valence-electron chi connectivity index (χ2n) is 9.29. The Morgan fingerprint density at radius 3 is 1.69 bits per heavy atom. The predicted octanol–water partition coefficient (Wildman–Crippen LogP) is 9.97. The van der Waals surface area contributed by atoms with Gasteiger partial charge in [-0.05, 0) is 74.1 Å². The first kappa shape index (κ1) is 19.5. The van der Waals surface area contributed by atoms with Gasteiger partial charge in [0, 0.05) is 10.8 Å². The Hall–Kier alpha value is -4.82. The lowest BCUT2D eigenvalue weighted by atomic mass is 9.86. The zero-order valence-corrected chi connectivity index (χ0v) is 19.4. The molecular formula is C34H20O2. The molecule has 0 radical (unpaired) electrons. The van der Waals surface area contributed by atoms with Crippen molar-refractivity contribution in [1.82, 2.24) is 0 Å². The first-order chi connectivity index (χ1) is 17.9. The van der Waals surface area contributed by atoms with Crippen molar-refractivity contribution >= 4 is 54.5 Å². The summed E-state index contributed by atoms with van der Waals surface area (Å²) in [5.74, 6) is 0. The first-order valence-electron chi connectivity index (χ1n) is 12.2. The Morgan fingerprint density at radius 1 is 0.389 bits per heavy atom. The van der Waals surface area contributed by atoms with Crippen molar-refractivity contribution in [3.8, 4) is 22.3 Å². The highest BCUT2D eigenvalue weighted by Gasteiger charge is 2.18. The number of benzene rings is 6. The van der Waals surface area contributed by atoms with Crippen molar-refractivity contribution in [2.24, 2.45) is 0 Å². The molecule has 8 rings (SSSR count). The number of hydrogen-bond donors (Lipinski definition) is 0. The van der Waals surface area contributed by atoms with E-state index in [1.165, 1.54) is 38.2 Å². The van der Waals surface area contributed by atoms with E-state index in [1.807, 2.05) is 12.1 Å². The van der Waals surface area contributed by atoms with Crippen LogP contribution in [0.25, 0.3) is 76.7 Å². The van der Waals surface area contributed by atoms with Gasteiger partial charge in [-0.2, -0.15) is 0 Å². The monoisotopic (exact) mass is 460 g/mol. The maximum atomic E-state index is 6.44. The molecule has 168 valence electrons. The summed E-state index contributed by atoms with van der Waals surface area (Å²) in [6.45, 7) is 0. The fraction of sp³-hybridized carbons (Fsp3) is 0. The van der Waals surface area contributed by atoms with Gasteiger partial charge >= 0.3 is 0 Å². The Bertz CT molecular complexity index is 2030. The van der Waals surface area contributed by atoms with Crippen molar-refractivity contribution in [3.05, 3.63) is 122 Å². The van der Waals surface area contributed by atoms with Gasteiger partial charge < -0.3 is 8.83 Å². The summed E-state index contributed by atoms with van der Waals surface area (Å²) in [7, 11) is 0. The summed E-state index contributed by atoms with van der Waals surface area (Å²) in [6, 6.07) is 40.9. The lowest BCUT2D eigenvalue weighted by Gasteiger charge is -2.17. The number of rotatable bonds is 2. The van der Waals surface area contributed by atoms with Crippen molar-refractivity contribution < 1.29 is 8.83 Å². The lowest BCUT2D eigenvalue weighted by Crippen LogP contribution is -1.90. The van der Waals surface area contributed by atoms with E-state index in [4.69, 9.17) is 8.83 Å². The van der Waals surface area contributed by atoms with Crippen LogP contribution in [0.5, 0.6) is 0 Å². The van der Waals surface area contributed by atoms with Gasteiger partial charge in [-0.25, -0.2) is 0 Å². The molecule has 6 aromatic carbocycles. The maximum Gasteiger partial charge on any atom is 0.146 e. The van der Waals surface area contributed by atoms with Crippen molar-refractivity contribution in [2.75, 3.05) is 0 Å². The van der Waals surface area contributed by atoms with Gasteiger partial charge in [0.2, 0.25) is 0 Å². The molecular weight excluding hydrogens is 440 g/mol. The minimum absolute atomic E-state index is 0.843. The molecule has 0 fully saturated rings. The van der Waals surface area contributed by atoms with Gasteiger partial charge in [-0.15, -0.1) is 0 Å². The maximum absolute atomic E-state index is 6.44. The lowest BCUT2D eigenvalue weighted by molar-refractivity contribution is 0.615. The zero-order valence-electron chi connectivity index (χ0n) is 19.4. The highest BCUT2D eigenvalue weighted by atomic mass is 16.3. The van der Waals surface area contributed by atoms with Gasteiger partial charge in [0.15, 0.2) is 0 Å². The molecule has 0 bridgehead atoms. The van der Waals surface area contributed by atoms with Gasteiger partial charge in [0.25, 0.3) is 0 Å². The molecule has 0 saturated heterocycles. The second kappa shape index (κ2) is 7.34. The predicted molar refractivity (Wildman–Crippen MR) is 149 cm³/mol. The average molecular weight is 461 g/mol. The molecule has 0 unspecified atom stereocenters.